The maximum atomic E-state index is 12.6. The molecule has 3 aliphatic carbocycles. The summed E-state index contributed by atoms with van der Waals surface area (Å²) in [5.74, 6) is -1.56. The quantitative estimate of drug-likeness (QED) is 0.0985. The van der Waals surface area contributed by atoms with E-state index in [1.807, 2.05) is 6.92 Å². The topological polar surface area (TPSA) is 255 Å². The zero-order chi connectivity index (χ0) is 38.1. The molecule has 16 heteroatoms. The van der Waals surface area contributed by atoms with Gasteiger partial charge in [0.25, 0.3) is 0 Å². The Morgan fingerprint density at radius 1 is 0.660 bits per heavy atom. The predicted octanol–water partition coefficient (Wildman–Crippen LogP) is -1.23. The summed E-state index contributed by atoms with van der Waals surface area (Å²) < 4.78 is 36.5. The van der Waals surface area contributed by atoms with Crippen molar-refractivity contribution in [1.82, 2.24) is 0 Å². The first-order chi connectivity index (χ1) is 25.2. The molecular formula is C37H60O16. The summed E-state index contributed by atoms with van der Waals surface area (Å²) in [5, 5.41) is 95.7. The number of rotatable bonds is 9. The number of esters is 1. The van der Waals surface area contributed by atoms with Crippen LogP contribution in [0.3, 0.4) is 0 Å². The van der Waals surface area contributed by atoms with E-state index < -0.39 is 110 Å². The fourth-order valence-corrected chi connectivity index (χ4v) is 9.26. The number of hydrogen-bond donors (Lipinski definition) is 9. The Balaban J connectivity index is 1.17. The van der Waals surface area contributed by atoms with Crippen molar-refractivity contribution in [2.45, 2.75) is 182 Å². The summed E-state index contributed by atoms with van der Waals surface area (Å²) in [6.07, 6.45) is -10.2. The molecule has 0 radical (unpaired) electrons. The first kappa shape index (κ1) is 41.3. The highest BCUT2D eigenvalue weighted by molar-refractivity contribution is 5.81. The molecule has 0 amide bonds. The number of fused-ring (bicyclic) bond motifs is 1. The minimum atomic E-state index is -1.72. The lowest BCUT2D eigenvalue weighted by atomic mass is 9.70. The minimum Gasteiger partial charge on any atom is -0.460 e. The molecule has 6 aliphatic rings. The number of aliphatic hydroxyl groups excluding tert-OH is 9. The first-order valence-corrected chi connectivity index (χ1v) is 19.4. The van der Waals surface area contributed by atoms with Crippen molar-refractivity contribution in [2.75, 3.05) is 6.61 Å². The van der Waals surface area contributed by atoms with E-state index in [1.165, 1.54) is 6.08 Å². The lowest BCUT2D eigenvalue weighted by molar-refractivity contribution is -0.340. The molecule has 3 heterocycles. The van der Waals surface area contributed by atoms with Gasteiger partial charge in [-0.15, -0.1) is 0 Å². The number of carbonyl (C=O) groups excluding carboxylic acids is 1. The van der Waals surface area contributed by atoms with Gasteiger partial charge in [0.05, 0.1) is 61.0 Å². The molecule has 3 saturated heterocycles. The summed E-state index contributed by atoms with van der Waals surface area (Å²) in [6, 6.07) is 0. The van der Waals surface area contributed by atoms with Crippen LogP contribution < -0.4 is 0 Å². The van der Waals surface area contributed by atoms with Gasteiger partial charge in [0.15, 0.2) is 12.6 Å². The van der Waals surface area contributed by atoms with E-state index in [0.717, 1.165) is 12.8 Å². The van der Waals surface area contributed by atoms with Crippen molar-refractivity contribution < 1.29 is 79.2 Å². The Bertz CT molecular complexity index is 1200. The summed E-state index contributed by atoms with van der Waals surface area (Å²) in [7, 11) is 0. The molecule has 16 nitrogen and oxygen atoms in total. The molecule has 0 aromatic rings. The molecule has 3 aliphatic heterocycles. The zero-order valence-corrected chi connectivity index (χ0v) is 30.4. The summed E-state index contributed by atoms with van der Waals surface area (Å²) in [4.78, 5) is 12.6. The monoisotopic (exact) mass is 760 g/mol. The molecule has 6 rings (SSSR count). The van der Waals surface area contributed by atoms with Crippen molar-refractivity contribution >= 4 is 5.97 Å². The summed E-state index contributed by atoms with van der Waals surface area (Å²) in [6.45, 7) is 3.14. The lowest BCUT2D eigenvalue weighted by Crippen LogP contribution is -2.63. The Kier molecular flexibility index (Phi) is 13.9. The van der Waals surface area contributed by atoms with Crippen LogP contribution in [-0.4, -0.2) is 163 Å². The fourth-order valence-electron chi connectivity index (χ4n) is 9.26. The SMILES string of the molecule is CC1CC(O)C(O)C(OC2CC(O)CC3OC(C4CC(C)C(O)C(O)C4)C(OC4OC(COC(=O)C=CC5CCC(O)CC5)C(O)C(O)C4O)CC23)O1. The van der Waals surface area contributed by atoms with E-state index >= 15 is 0 Å². The van der Waals surface area contributed by atoms with Crippen molar-refractivity contribution in [3.05, 3.63) is 12.2 Å². The van der Waals surface area contributed by atoms with Crippen LogP contribution >= 0.6 is 0 Å². The molecule has 53 heavy (non-hydrogen) atoms. The van der Waals surface area contributed by atoms with E-state index in [-0.39, 0.29) is 62.1 Å². The predicted molar refractivity (Wildman–Crippen MR) is 181 cm³/mol. The van der Waals surface area contributed by atoms with Crippen LogP contribution in [0.15, 0.2) is 12.2 Å². The van der Waals surface area contributed by atoms with Gasteiger partial charge in [-0.25, -0.2) is 4.79 Å². The Morgan fingerprint density at radius 2 is 1.34 bits per heavy atom. The molecule has 0 aromatic carbocycles. The maximum Gasteiger partial charge on any atom is 0.330 e. The minimum absolute atomic E-state index is 0.131. The molecular weight excluding hydrogens is 700 g/mol. The summed E-state index contributed by atoms with van der Waals surface area (Å²) >= 11 is 0. The number of allylic oxidation sites excluding steroid dienone is 1. The maximum absolute atomic E-state index is 12.6. The van der Waals surface area contributed by atoms with E-state index in [9.17, 15) is 50.8 Å². The molecule has 0 aromatic heterocycles. The van der Waals surface area contributed by atoms with E-state index in [2.05, 4.69) is 0 Å². The van der Waals surface area contributed by atoms with Gasteiger partial charge in [-0.05, 0) is 76.0 Å². The third kappa shape index (κ3) is 9.79. The van der Waals surface area contributed by atoms with Gasteiger partial charge in [0, 0.05) is 24.8 Å². The number of aliphatic hydroxyl groups is 9. The Morgan fingerprint density at radius 3 is 2.06 bits per heavy atom. The third-order valence-corrected chi connectivity index (χ3v) is 12.4. The largest absolute Gasteiger partial charge is 0.460 e. The van der Waals surface area contributed by atoms with Crippen LogP contribution in [0.25, 0.3) is 0 Å². The summed E-state index contributed by atoms with van der Waals surface area (Å²) in [5.41, 5.74) is 0. The van der Waals surface area contributed by atoms with E-state index in [0.29, 0.717) is 19.3 Å². The van der Waals surface area contributed by atoms with Crippen molar-refractivity contribution in [3.63, 3.8) is 0 Å². The average molecular weight is 761 g/mol. The van der Waals surface area contributed by atoms with Crippen molar-refractivity contribution in [1.29, 1.82) is 0 Å². The highest BCUT2D eigenvalue weighted by Gasteiger charge is 2.54. The van der Waals surface area contributed by atoms with Crippen LogP contribution in [-0.2, 0) is 33.2 Å². The highest BCUT2D eigenvalue weighted by Crippen LogP contribution is 2.45. The van der Waals surface area contributed by atoms with Gasteiger partial charge in [0.2, 0.25) is 0 Å². The lowest BCUT2D eigenvalue weighted by Gasteiger charge is -2.52. The van der Waals surface area contributed by atoms with Gasteiger partial charge in [-0.1, -0.05) is 13.0 Å². The standard InChI is InChI=1S/C37H60O16/c1-16-9-19(11-24(41)30(16)43)35-27(14-22-25(50-35)12-21(39)13-26(22)51-36-31(44)23(40)10-17(2)49-36)52-37-34(47)33(46)32(45)28(53-37)15-48-29(42)8-5-18-3-6-20(38)7-4-18/h5,8,16-28,30-41,43-47H,3-4,6-7,9-15H2,1-2H3. The van der Waals surface area contributed by atoms with Crippen LogP contribution in [0.4, 0.5) is 0 Å². The molecule has 19 atom stereocenters. The molecule has 0 bridgehead atoms. The van der Waals surface area contributed by atoms with Gasteiger partial charge in [-0.2, -0.15) is 0 Å². The Labute approximate surface area is 309 Å². The zero-order valence-electron chi connectivity index (χ0n) is 30.4. The number of ether oxygens (including phenoxy) is 6. The third-order valence-electron chi connectivity index (χ3n) is 12.4. The first-order valence-electron chi connectivity index (χ1n) is 19.4. The Hall–Kier alpha value is -1.35. The molecule has 3 saturated carbocycles. The molecule has 0 spiro atoms. The molecule has 304 valence electrons. The van der Waals surface area contributed by atoms with Crippen LogP contribution in [0.1, 0.15) is 78.1 Å². The van der Waals surface area contributed by atoms with E-state index in [4.69, 9.17) is 28.4 Å². The highest BCUT2D eigenvalue weighted by atomic mass is 16.7. The fraction of sp³-hybridized carbons (Fsp3) is 0.919. The molecule has 6 fully saturated rings. The number of hydrogen-bond acceptors (Lipinski definition) is 16. The second-order valence-electron chi connectivity index (χ2n) is 16.5. The van der Waals surface area contributed by atoms with Gasteiger partial charge in [0.1, 0.15) is 37.1 Å². The molecule has 9 N–H and O–H groups in total. The normalized spacial score (nSPS) is 51.1. The average Bonchev–Trinajstić information content (AvgIpc) is 3.11. The molecule has 19 unspecified atom stereocenters. The van der Waals surface area contributed by atoms with E-state index in [1.54, 1.807) is 13.0 Å². The second kappa shape index (κ2) is 17.8. The smallest absolute Gasteiger partial charge is 0.330 e. The van der Waals surface area contributed by atoms with Crippen LogP contribution in [0.2, 0.25) is 0 Å². The van der Waals surface area contributed by atoms with Crippen LogP contribution in [0.5, 0.6) is 0 Å². The second-order valence-corrected chi connectivity index (χ2v) is 16.5. The van der Waals surface area contributed by atoms with Gasteiger partial charge >= 0.3 is 5.97 Å². The van der Waals surface area contributed by atoms with Crippen molar-refractivity contribution in [3.8, 4) is 0 Å². The van der Waals surface area contributed by atoms with Gasteiger partial charge in [-0.3, -0.25) is 0 Å². The number of carbonyl (C=O) groups is 1. The van der Waals surface area contributed by atoms with Crippen LogP contribution in [0, 0.1) is 23.7 Å². The van der Waals surface area contributed by atoms with Gasteiger partial charge < -0.3 is 74.4 Å². The van der Waals surface area contributed by atoms with Crippen molar-refractivity contribution in [2.24, 2.45) is 23.7 Å².